The molecule has 0 saturated carbocycles. The standard InChI is InChI=1S/C25H30N2O3.C21H23ClN2O.C21H24N2O.C20H21FN2O.C16H22N2O/c1-17-12-13-22-19(15-17)20-16-26(24(29)30-25(2,3)4)14-8-11-21(20)27(22)23(28)18-9-6-5-7-10-18;1-14-5-10-20-17(12-14)18-13-23(2)11-3-4-19(18)24(20)21(25)15-6-8-16(22)9-7-15;1-15-10-11-20-17(13-15)18-14-22(2)12-6-9-19(18)23(20)21(24)16-7-4-3-5-8-16;1-22-11-5-8-18-17(13-22)16-12-15(21)9-10-19(16)23(18)20(24)14-6-3-2-4-7-14;1-11-6-7-16-13(9-11)14-10-17(3)8-4-5-15(14)18(16)12(2)19/h5-7,9-10,12-13,15,20-21H,8,11,14,16H2,1-4H3;5-10,12,18-19H,3-4,11,13H2,1-2H3;3-5,7-8,10-11,13,18-19H,6,9,12,14H2,1-2H3;2-4,6-7,9-10,12,17-18H,5,8,11,13H2,1H3;6-7,9,14-15H,4-5,8,10H2,1-3H3/t20-,21-;2*18-,19+;17-,18+;14-,15+/m00101/s1. The van der Waals surface area contributed by atoms with E-state index in [-0.39, 0.29) is 77.4 Å². The minimum absolute atomic E-state index is 0.0144. The van der Waals surface area contributed by atoms with Crippen molar-refractivity contribution in [3.63, 3.8) is 0 Å². The van der Waals surface area contributed by atoms with Gasteiger partial charge in [0.15, 0.2) is 0 Å². The van der Waals surface area contributed by atoms with Gasteiger partial charge in [-0.15, -0.1) is 0 Å². The average molecular weight is 1660 g/mol. The molecule has 10 heterocycles. The number of anilines is 5. The number of fused-ring (bicyclic) bond motifs is 15. The lowest BCUT2D eigenvalue weighted by Crippen LogP contribution is -2.42. The summed E-state index contributed by atoms with van der Waals surface area (Å²) in [4.78, 5) is 99.4. The summed E-state index contributed by atoms with van der Waals surface area (Å²) >= 11 is 5.99. The molecule has 5 fully saturated rings. The highest BCUT2D eigenvalue weighted by atomic mass is 35.5. The van der Waals surface area contributed by atoms with Crippen molar-refractivity contribution in [2.24, 2.45) is 0 Å². The van der Waals surface area contributed by atoms with Gasteiger partial charge in [0.05, 0.1) is 0 Å². The van der Waals surface area contributed by atoms with Gasteiger partial charge >= 0.3 is 6.09 Å². The highest BCUT2D eigenvalue weighted by Gasteiger charge is 2.49. The number of carbonyl (C=O) groups excluding carboxylic acids is 6. The number of aryl methyl sites for hydroxylation is 4. The first kappa shape index (κ1) is 86.6. The zero-order valence-electron chi connectivity index (χ0n) is 73.1. The molecule has 122 heavy (non-hydrogen) atoms. The van der Waals surface area contributed by atoms with Crippen LogP contribution in [-0.4, -0.2) is 190 Å². The van der Waals surface area contributed by atoms with Crippen molar-refractivity contribution in [1.29, 1.82) is 0 Å². The van der Waals surface area contributed by atoms with Crippen molar-refractivity contribution in [1.82, 2.24) is 24.5 Å². The molecule has 0 radical (unpaired) electrons. The van der Waals surface area contributed by atoms with Crippen molar-refractivity contribution in [2.75, 3.05) is 118 Å². The van der Waals surface area contributed by atoms with Crippen LogP contribution in [0.25, 0.3) is 0 Å². The number of likely N-dealkylation sites (tertiary alicyclic amines) is 5. The highest BCUT2D eigenvalue weighted by Crippen LogP contribution is 2.51. The predicted molar refractivity (Wildman–Crippen MR) is 489 cm³/mol. The Kier molecular flexibility index (Phi) is 26.5. The molecular weight excluding hydrogens is 1540 g/mol. The molecule has 17 nitrogen and oxygen atoms in total. The molecule has 0 aliphatic carbocycles. The van der Waals surface area contributed by atoms with E-state index in [1.807, 2.05) is 148 Å². The number of hydrogen-bond donors (Lipinski definition) is 0. The first-order valence-corrected chi connectivity index (χ1v) is 44.5. The zero-order chi connectivity index (χ0) is 85.9. The number of ether oxygens (including phenoxy) is 1. The van der Waals surface area contributed by atoms with Crippen LogP contribution < -0.4 is 24.5 Å². The maximum atomic E-state index is 13.9. The second-order valence-electron chi connectivity index (χ2n) is 36.7. The number of carbonyl (C=O) groups is 6. The Morgan fingerprint density at radius 1 is 0.344 bits per heavy atom. The van der Waals surface area contributed by atoms with Gasteiger partial charge in [-0.05, 0) is 298 Å². The Morgan fingerprint density at radius 2 is 0.615 bits per heavy atom. The van der Waals surface area contributed by atoms with E-state index in [1.54, 1.807) is 31.2 Å². The Balaban J connectivity index is 0.000000119. The van der Waals surface area contributed by atoms with E-state index in [1.165, 1.54) is 45.9 Å². The van der Waals surface area contributed by atoms with Gasteiger partial charge in [-0.2, -0.15) is 0 Å². The summed E-state index contributed by atoms with van der Waals surface area (Å²) in [5.41, 5.74) is 18.6. The lowest BCUT2D eigenvalue weighted by atomic mass is 9.92. The summed E-state index contributed by atoms with van der Waals surface area (Å²) < 4.78 is 19.5. The minimum Gasteiger partial charge on any atom is -0.444 e. The fourth-order valence-electron chi connectivity index (χ4n) is 21.0. The van der Waals surface area contributed by atoms with Crippen LogP contribution in [0.5, 0.6) is 0 Å². The van der Waals surface area contributed by atoms with Gasteiger partial charge in [0.1, 0.15) is 11.4 Å². The Morgan fingerprint density at radius 3 is 0.926 bits per heavy atom. The van der Waals surface area contributed by atoms with Crippen molar-refractivity contribution in [2.45, 2.75) is 185 Å². The number of benzene rings is 9. The van der Waals surface area contributed by atoms with Crippen LogP contribution >= 0.6 is 11.6 Å². The maximum Gasteiger partial charge on any atom is 0.410 e. The third kappa shape index (κ3) is 18.6. The van der Waals surface area contributed by atoms with Crippen molar-refractivity contribution < 1.29 is 37.9 Å². The molecule has 0 bridgehead atoms. The van der Waals surface area contributed by atoms with Crippen LogP contribution in [0, 0.1) is 33.5 Å². The second kappa shape index (κ2) is 37.4. The largest absolute Gasteiger partial charge is 0.444 e. The van der Waals surface area contributed by atoms with Crippen LogP contribution in [0.3, 0.4) is 0 Å². The number of nitrogens with zero attached hydrogens (tertiary/aromatic N) is 10. The molecule has 0 aromatic heterocycles. The molecule has 9 aromatic rings. The fraction of sp³-hybridized carbons (Fsp3) is 0.417. The van der Waals surface area contributed by atoms with Gasteiger partial charge in [0.2, 0.25) is 5.91 Å². The predicted octanol–water partition coefficient (Wildman–Crippen LogP) is 19.7. The molecule has 0 spiro atoms. The molecule has 10 aliphatic rings. The van der Waals surface area contributed by atoms with Crippen molar-refractivity contribution in [3.05, 3.63) is 289 Å². The first-order chi connectivity index (χ1) is 58.7. The van der Waals surface area contributed by atoms with Crippen LogP contribution in [-0.2, 0) is 9.53 Å². The highest BCUT2D eigenvalue weighted by molar-refractivity contribution is 6.30. The van der Waals surface area contributed by atoms with Gasteiger partial charge in [-0.3, -0.25) is 24.0 Å². The summed E-state index contributed by atoms with van der Waals surface area (Å²) in [7, 11) is 8.67. The monoisotopic (exact) mass is 1660 g/mol. The molecule has 6 amide bonds. The molecule has 19 rings (SSSR count). The molecule has 10 atom stereocenters. The SMILES string of the molecule is CC(=O)N1c2ccc(C)cc2[C@H]2CN(C)CCC[C@@H]21.CN1CCC[C@@H]2[C@@H](C1)c1cc(F)ccc1N2C(=O)c1ccccc1.Cc1ccc2c(c1)[C@@H]1CN(C(=O)OC(C)(C)C)CCC[C@@H]1N2C(=O)c1ccccc1.Cc1ccc2c(c1)[C@@H]1CN(C)CCC[C@H]1N2C(=O)c1ccc(Cl)cc1.Cc1ccc2c(c1)[C@H]1CN(C)CCC[C@@H]1N2C(=O)c1ccccc1. The maximum absolute atomic E-state index is 13.9. The smallest absolute Gasteiger partial charge is 0.410 e. The van der Waals surface area contributed by atoms with Gasteiger partial charge in [-0.25, -0.2) is 9.18 Å². The fourth-order valence-corrected chi connectivity index (χ4v) is 21.1. The summed E-state index contributed by atoms with van der Waals surface area (Å²) in [6.07, 6.45) is 10.1. The molecule has 19 heteroatoms. The quantitative estimate of drug-likeness (QED) is 0.166. The summed E-state index contributed by atoms with van der Waals surface area (Å²) in [5.74, 6) is 1.76. The number of halogens is 2. The first-order valence-electron chi connectivity index (χ1n) is 44.1. The molecular formula is C103H120ClFN10O7. The summed E-state index contributed by atoms with van der Waals surface area (Å²) in [6.45, 7) is 25.4. The second-order valence-corrected chi connectivity index (χ2v) is 37.1. The average Bonchev–Trinajstić information content (AvgIpc) is 1.58. The van der Waals surface area contributed by atoms with E-state index in [4.69, 9.17) is 16.3 Å². The van der Waals surface area contributed by atoms with E-state index in [9.17, 15) is 33.2 Å². The molecule has 638 valence electrons. The molecule has 5 saturated heterocycles. The molecule has 9 aromatic carbocycles. The topological polar surface area (TPSA) is 144 Å². The van der Waals surface area contributed by atoms with E-state index >= 15 is 0 Å². The molecule has 0 unspecified atom stereocenters. The van der Waals surface area contributed by atoms with Crippen LogP contribution in [0.15, 0.2) is 206 Å². The van der Waals surface area contributed by atoms with Crippen molar-refractivity contribution >= 4 is 75.7 Å². The van der Waals surface area contributed by atoms with Gasteiger partial charge in [0, 0.05) is 162 Å². The summed E-state index contributed by atoms with van der Waals surface area (Å²) in [6, 6.07) is 67.5. The third-order valence-corrected chi connectivity index (χ3v) is 26.8. The lowest BCUT2D eigenvalue weighted by Gasteiger charge is -2.29. The van der Waals surface area contributed by atoms with Crippen LogP contribution in [0.1, 0.15) is 213 Å². The molecule has 10 aliphatic heterocycles. The van der Waals surface area contributed by atoms with Crippen molar-refractivity contribution in [3.8, 4) is 0 Å². The number of rotatable bonds is 4. The van der Waals surface area contributed by atoms with E-state index in [2.05, 4.69) is 153 Å². The number of likely N-dealkylation sites (N-methyl/N-ethyl adjacent to an activating group) is 4. The van der Waals surface area contributed by atoms with Crippen LogP contribution in [0.4, 0.5) is 37.6 Å². The summed E-state index contributed by atoms with van der Waals surface area (Å²) in [5, 5.41) is 0.656. The lowest BCUT2D eigenvalue weighted by molar-refractivity contribution is -0.117. The number of hydrogen-bond acceptors (Lipinski definition) is 11. The Labute approximate surface area is 726 Å². The molecule has 0 N–H and O–H groups in total. The Hall–Kier alpha value is -10.3. The normalized spacial score (nSPS) is 23.3. The van der Waals surface area contributed by atoms with Crippen LogP contribution in [0.2, 0.25) is 5.02 Å². The minimum atomic E-state index is -0.526. The van der Waals surface area contributed by atoms with E-state index in [0.717, 1.165) is 161 Å². The zero-order valence-corrected chi connectivity index (χ0v) is 73.9. The van der Waals surface area contributed by atoms with Gasteiger partial charge < -0.3 is 53.7 Å². The van der Waals surface area contributed by atoms with Gasteiger partial charge in [0.25, 0.3) is 23.6 Å². The van der Waals surface area contributed by atoms with Gasteiger partial charge in [-0.1, -0.05) is 137 Å². The van der Waals surface area contributed by atoms with E-state index in [0.29, 0.717) is 58.6 Å². The van der Waals surface area contributed by atoms with E-state index < -0.39 is 5.60 Å². The Bertz CT molecular complexity index is 5150. The number of amides is 6. The third-order valence-electron chi connectivity index (χ3n) is 26.6.